The Morgan fingerprint density at radius 1 is 1.14 bits per heavy atom. The Kier molecular flexibility index (Phi) is 5.54. The second-order valence-electron chi connectivity index (χ2n) is 9.72. The van der Waals surface area contributed by atoms with E-state index in [2.05, 4.69) is 32.6 Å². The number of rotatable bonds is 4. The quantitative estimate of drug-likeness (QED) is 0.773. The van der Waals surface area contributed by atoms with E-state index in [0.29, 0.717) is 6.42 Å². The van der Waals surface area contributed by atoms with Crippen molar-refractivity contribution in [2.24, 2.45) is 0 Å². The van der Waals surface area contributed by atoms with Crippen LogP contribution in [0.25, 0.3) is 0 Å². The van der Waals surface area contributed by atoms with E-state index in [1.54, 1.807) is 0 Å². The summed E-state index contributed by atoms with van der Waals surface area (Å²) >= 11 is 0. The highest BCUT2D eigenvalue weighted by Crippen LogP contribution is 2.46. The molecular weight excluding hydrogens is 366 g/mol. The number of ether oxygens (including phenoxy) is 2. The van der Waals surface area contributed by atoms with Crippen LogP contribution in [0.4, 0.5) is 5.69 Å². The van der Waals surface area contributed by atoms with Crippen molar-refractivity contribution in [1.82, 2.24) is 0 Å². The molecule has 160 valence electrons. The van der Waals surface area contributed by atoms with Crippen LogP contribution >= 0.6 is 0 Å². The normalized spacial score (nSPS) is 26.1. The van der Waals surface area contributed by atoms with Crippen LogP contribution in [-0.4, -0.2) is 42.0 Å². The minimum absolute atomic E-state index is 0.117. The highest BCUT2D eigenvalue weighted by molar-refractivity contribution is 5.71. The van der Waals surface area contributed by atoms with Crippen molar-refractivity contribution in [3.8, 4) is 5.75 Å². The minimum Gasteiger partial charge on any atom is -0.487 e. The number of aliphatic hydroxyl groups is 1. The highest BCUT2D eigenvalue weighted by atomic mass is 16.5. The van der Waals surface area contributed by atoms with Gasteiger partial charge < -0.3 is 19.5 Å². The molecule has 2 fully saturated rings. The maximum Gasteiger partial charge on any atom is 0.308 e. The summed E-state index contributed by atoms with van der Waals surface area (Å²) < 4.78 is 11.9. The van der Waals surface area contributed by atoms with Gasteiger partial charge in [0.25, 0.3) is 0 Å². The molecule has 0 aliphatic carbocycles. The van der Waals surface area contributed by atoms with E-state index in [0.717, 1.165) is 38.1 Å². The third kappa shape index (κ3) is 4.11. The summed E-state index contributed by atoms with van der Waals surface area (Å²) in [7, 11) is 0. The van der Waals surface area contributed by atoms with E-state index in [-0.39, 0.29) is 24.1 Å². The third-order valence-corrected chi connectivity index (χ3v) is 6.77. The Bertz CT molecular complexity index is 795. The zero-order valence-corrected chi connectivity index (χ0v) is 18.3. The van der Waals surface area contributed by atoms with Gasteiger partial charge in [0, 0.05) is 37.2 Å². The number of fused-ring (bicyclic) bond motifs is 1. The first-order valence-electron chi connectivity index (χ1n) is 11.2. The van der Waals surface area contributed by atoms with E-state index in [4.69, 9.17) is 9.47 Å². The van der Waals surface area contributed by atoms with Gasteiger partial charge in [-0.1, -0.05) is 0 Å². The monoisotopic (exact) mass is 401 g/mol. The van der Waals surface area contributed by atoms with Crippen molar-refractivity contribution >= 4 is 11.7 Å². The molecule has 2 saturated heterocycles. The molecule has 1 aromatic rings. The van der Waals surface area contributed by atoms with Crippen molar-refractivity contribution in [3.05, 3.63) is 22.3 Å². The van der Waals surface area contributed by atoms with Crippen LogP contribution in [0.3, 0.4) is 0 Å². The van der Waals surface area contributed by atoms with Crippen molar-refractivity contribution in [1.29, 1.82) is 0 Å². The fourth-order valence-electron chi connectivity index (χ4n) is 5.40. The van der Waals surface area contributed by atoms with Crippen molar-refractivity contribution in [2.75, 3.05) is 18.0 Å². The molecular formula is C24H35NO4. The van der Waals surface area contributed by atoms with Gasteiger partial charge in [-0.25, -0.2) is 0 Å². The van der Waals surface area contributed by atoms with Crippen LogP contribution in [-0.2, 0) is 22.4 Å². The Morgan fingerprint density at radius 2 is 1.86 bits per heavy atom. The number of carbonyl (C=O) groups excluding carboxylic acids is 1. The van der Waals surface area contributed by atoms with Gasteiger partial charge in [-0.2, -0.15) is 0 Å². The Balaban J connectivity index is 1.67. The number of hydrogen-bond acceptors (Lipinski definition) is 5. The molecule has 0 radical (unpaired) electrons. The van der Waals surface area contributed by atoms with Gasteiger partial charge >= 0.3 is 5.97 Å². The van der Waals surface area contributed by atoms with Crippen LogP contribution in [0.1, 0.15) is 74.6 Å². The molecule has 1 aromatic carbocycles. The average molecular weight is 402 g/mol. The maximum atomic E-state index is 11.7. The van der Waals surface area contributed by atoms with Gasteiger partial charge in [0.05, 0.1) is 12.5 Å². The number of cyclic esters (lactones) is 1. The van der Waals surface area contributed by atoms with Gasteiger partial charge in [-0.3, -0.25) is 4.79 Å². The first-order chi connectivity index (χ1) is 13.7. The standard InChI is InChI=1S/C24H35NO4/c1-15-19(9-8-18-12-17(26)13-21(27)28-18)23-20(14-24(3,4)29-23)16(2)22(15)25-10-6-5-7-11-25/h17-18,26H,5-14H2,1-4H3/t17-,18-/m1/s1. The molecule has 0 aromatic heterocycles. The first-order valence-corrected chi connectivity index (χ1v) is 11.2. The van der Waals surface area contributed by atoms with Gasteiger partial charge in [-0.15, -0.1) is 0 Å². The molecule has 5 nitrogen and oxygen atoms in total. The summed E-state index contributed by atoms with van der Waals surface area (Å²) in [6.45, 7) is 11.0. The smallest absolute Gasteiger partial charge is 0.308 e. The van der Waals surface area contributed by atoms with E-state index >= 15 is 0 Å². The number of esters is 1. The number of aliphatic hydroxyl groups excluding tert-OH is 1. The zero-order valence-electron chi connectivity index (χ0n) is 18.3. The molecule has 0 amide bonds. The Labute approximate surface area is 174 Å². The molecule has 3 aliphatic heterocycles. The predicted octanol–water partition coefficient (Wildman–Crippen LogP) is 4.01. The van der Waals surface area contributed by atoms with E-state index in [9.17, 15) is 9.90 Å². The summed E-state index contributed by atoms with van der Waals surface area (Å²) in [5.41, 5.74) is 6.48. The molecule has 4 rings (SSSR count). The number of piperidine rings is 1. The molecule has 29 heavy (non-hydrogen) atoms. The summed E-state index contributed by atoms with van der Waals surface area (Å²) in [6.07, 6.45) is 6.14. The second-order valence-corrected chi connectivity index (χ2v) is 9.72. The van der Waals surface area contributed by atoms with Crippen LogP contribution in [0.2, 0.25) is 0 Å². The van der Waals surface area contributed by atoms with Crippen LogP contribution < -0.4 is 9.64 Å². The third-order valence-electron chi connectivity index (χ3n) is 6.77. The molecule has 3 heterocycles. The van der Waals surface area contributed by atoms with Crippen molar-refractivity contribution < 1.29 is 19.4 Å². The van der Waals surface area contributed by atoms with Crippen LogP contribution in [0.5, 0.6) is 5.75 Å². The summed E-state index contributed by atoms with van der Waals surface area (Å²) in [4.78, 5) is 14.3. The zero-order chi connectivity index (χ0) is 20.8. The van der Waals surface area contributed by atoms with Crippen molar-refractivity contribution in [2.45, 2.75) is 96.9 Å². The van der Waals surface area contributed by atoms with Gasteiger partial charge in [-0.05, 0) is 76.5 Å². The number of benzene rings is 1. The number of hydrogen-bond donors (Lipinski definition) is 1. The topological polar surface area (TPSA) is 59.0 Å². The van der Waals surface area contributed by atoms with Crippen LogP contribution in [0.15, 0.2) is 0 Å². The molecule has 0 spiro atoms. The maximum absolute atomic E-state index is 11.7. The van der Waals surface area contributed by atoms with Gasteiger partial charge in [0.2, 0.25) is 0 Å². The number of anilines is 1. The second kappa shape index (κ2) is 7.82. The molecule has 0 saturated carbocycles. The molecule has 3 aliphatic rings. The lowest BCUT2D eigenvalue weighted by Gasteiger charge is -2.33. The van der Waals surface area contributed by atoms with Gasteiger partial charge in [0.1, 0.15) is 17.5 Å². The minimum atomic E-state index is -0.579. The molecule has 0 unspecified atom stereocenters. The van der Waals surface area contributed by atoms with E-state index in [1.165, 1.54) is 47.2 Å². The predicted molar refractivity (Wildman–Crippen MR) is 114 cm³/mol. The van der Waals surface area contributed by atoms with Crippen molar-refractivity contribution in [3.63, 3.8) is 0 Å². The molecule has 5 heteroatoms. The average Bonchev–Trinajstić information content (AvgIpc) is 2.97. The highest BCUT2D eigenvalue weighted by Gasteiger charge is 2.36. The van der Waals surface area contributed by atoms with Crippen LogP contribution in [0, 0.1) is 13.8 Å². The summed E-state index contributed by atoms with van der Waals surface area (Å²) in [5.74, 6) is 0.763. The van der Waals surface area contributed by atoms with Gasteiger partial charge in [0.15, 0.2) is 0 Å². The molecule has 1 N–H and O–H groups in total. The number of nitrogens with zero attached hydrogens (tertiary/aromatic N) is 1. The van der Waals surface area contributed by atoms with E-state index < -0.39 is 6.10 Å². The largest absolute Gasteiger partial charge is 0.487 e. The summed E-state index contributed by atoms with van der Waals surface area (Å²) in [6, 6.07) is 0. The first kappa shape index (κ1) is 20.5. The summed E-state index contributed by atoms with van der Waals surface area (Å²) in [5, 5.41) is 9.94. The lowest BCUT2D eigenvalue weighted by atomic mass is 9.88. The Morgan fingerprint density at radius 3 is 2.55 bits per heavy atom. The lowest BCUT2D eigenvalue weighted by molar-refractivity contribution is -0.160. The molecule has 2 atom stereocenters. The molecule has 0 bridgehead atoms. The van der Waals surface area contributed by atoms with E-state index in [1.807, 2.05) is 0 Å². The lowest BCUT2D eigenvalue weighted by Crippen LogP contribution is -2.33. The Hall–Kier alpha value is -1.75. The SMILES string of the molecule is Cc1c(CC[C@@H]2C[C@@H](O)CC(=O)O2)c2c(c(C)c1N1CCCCC1)CC(C)(C)O2. The fraction of sp³-hybridized carbons (Fsp3) is 0.708. The fourth-order valence-corrected chi connectivity index (χ4v) is 5.40. The number of carbonyl (C=O) groups is 1.